The summed E-state index contributed by atoms with van der Waals surface area (Å²) in [5.74, 6) is 0.138. The van der Waals surface area contributed by atoms with Gasteiger partial charge in [0.2, 0.25) is 0 Å². The second-order valence-electron chi connectivity index (χ2n) is 7.64. The van der Waals surface area contributed by atoms with E-state index in [0.717, 1.165) is 22.5 Å². The largest absolute Gasteiger partial charge is 0.292 e. The molecule has 1 aliphatic rings. The van der Waals surface area contributed by atoms with E-state index in [1.807, 2.05) is 41.8 Å². The van der Waals surface area contributed by atoms with Gasteiger partial charge in [-0.15, -0.1) is 10.2 Å². The van der Waals surface area contributed by atoms with Crippen LogP contribution in [0.15, 0.2) is 48.5 Å². The molecule has 5 nitrogen and oxygen atoms in total. The number of hydrogen-bond acceptors (Lipinski definition) is 4. The van der Waals surface area contributed by atoms with Crippen LogP contribution in [0.25, 0.3) is 16.8 Å². The molecule has 0 saturated heterocycles. The predicted molar refractivity (Wildman–Crippen MR) is 113 cm³/mol. The number of carbonyl (C=O) groups excluding carboxylic acids is 1. The maximum atomic E-state index is 12.8. The number of hydrogen-bond donors (Lipinski definition) is 0. The summed E-state index contributed by atoms with van der Waals surface area (Å²) in [5, 5.41) is 14.1. The van der Waals surface area contributed by atoms with Crippen LogP contribution in [0.3, 0.4) is 0 Å². The number of rotatable bonds is 2. The summed E-state index contributed by atoms with van der Waals surface area (Å²) >= 11 is 6.04. The molecular weight excluding hydrogens is 384 g/mol. The van der Waals surface area contributed by atoms with Gasteiger partial charge >= 0.3 is 0 Å². The second kappa shape index (κ2) is 6.78. The minimum atomic E-state index is 0.0216. The number of aromatic nitrogens is 4. The van der Waals surface area contributed by atoms with Crippen molar-refractivity contribution < 1.29 is 4.79 Å². The number of halogens is 1. The monoisotopic (exact) mass is 402 g/mol. The highest BCUT2D eigenvalue weighted by atomic mass is 35.5. The Morgan fingerprint density at radius 1 is 1.03 bits per heavy atom. The van der Waals surface area contributed by atoms with Crippen LogP contribution in [0.5, 0.6) is 0 Å². The maximum absolute atomic E-state index is 12.8. The van der Waals surface area contributed by atoms with Crippen molar-refractivity contribution in [3.05, 3.63) is 81.8 Å². The molecule has 2 aromatic carbocycles. The predicted octanol–water partition coefficient (Wildman–Crippen LogP) is 4.97. The first kappa shape index (κ1) is 18.0. The van der Waals surface area contributed by atoms with E-state index in [-0.39, 0.29) is 11.7 Å². The summed E-state index contributed by atoms with van der Waals surface area (Å²) in [4.78, 5) is 12.8. The molecule has 0 fully saturated rings. The minimum absolute atomic E-state index is 0.0216. The highest BCUT2D eigenvalue weighted by molar-refractivity contribution is 6.30. The Morgan fingerprint density at radius 2 is 1.83 bits per heavy atom. The zero-order valence-corrected chi connectivity index (χ0v) is 16.9. The molecule has 4 aromatic rings. The van der Waals surface area contributed by atoms with Crippen molar-refractivity contribution in [3.63, 3.8) is 0 Å². The third kappa shape index (κ3) is 3.02. The summed E-state index contributed by atoms with van der Waals surface area (Å²) in [6.07, 6.45) is 1.15. The molecule has 0 N–H and O–H groups in total. The lowest BCUT2D eigenvalue weighted by Crippen LogP contribution is -2.24. The average Bonchev–Trinajstić information content (AvgIpc) is 3.05. The Balaban J connectivity index is 1.66. The van der Waals surface area contributed by atoms with Gasteiger partial charge in [0.1, 0.15) is 0 Å². The van der Waals surface area contributed by atoms with Gasteiger partial charge < -0.3 is 0 Å². The summed E-state index contributed by atoms with van der Waals surface area (Å²) in [6, 6.07) is 16.0. The van der Waals surface area contributed by atoms with Crippen LogP contribution >= 0.6 is 11.6 Å². The molecule has 6 heteroatoms. The highest BCUT2D eigenvalue weighted by Gasteiger charge is 2.31. The standard InChI is InChI=1S/C23H19ClN4O/c1-13-4-3-5-16(10-13)17-11-19-22(20(29)12-17)25-26-23-21(14(2)27-28(19)23)15-6-8-18(24)9-7-15/h3-10,17H,11-12H2,1-2H3. The van der Waals surface area contributed by atoms with E-state index in [0.29, 0.717) is 29.2 Å². The van der Waals surface area contributed by atoms with E-state index >= 15 is 0 Å². The van der Waals surface area contributed by atoms with Crippen molar-refractivity contribution in [1.29, 1.82) is 0 Å². The fourth-order valence-electron chi connectivity index (χ4n) is 4.19. The lowest BCUT2D eigenvalue weighted by atomic mass is 9.83. The first-order chi connectivity index (χ1) is 14.0. The van der Waals surface area contributed by atoms with Crippen LogP contribution in [0.4, 0.5) is 0 Å². The first-order valence-electron chi connectivity index (χ1n) is 9.62. The fraction of sp³-hybridized carbons (Fsp3) is 0.217. The van der Waals surface area contributed by atoms with Gasteiger partial charge in [0.15, 0.2) is 17.1 Å². The molecule has 0 saturated carbocycles. The van der Waals surface area contributed by atoms with Crippen molar-refractivity contribution in [3.8, 4) is 11.1 Å². The van der Waals surface area contributed by atoms with Crippen LogP contribution < -0.4 is 0 Å². The molecule has 0 bridgehead atoms. The number of fused-ring (bicyclic) bond motifs is 3. The lowest BCUT2D eigenvalue weighted by Gasteiger charge is -2.23. The zero-order chi connectivity index (χ0) is 20.1. The maximum Gasteiger partial charge on any atom is 0.185 e. The van der Waals surface area contributed by atoms with Crippen molar-refractivity contribution >= 4 is 23.0 Å². The molecule has 0 amide bonds. The van der Waals surface area contributed by atoms with Gasteiger partial charge in [-0.1, -0.05) is 53.6 Å². The Morgan fingerprint density at radius 3 is 2.59 bits per heavy atom. The van der Waals surface area contributed by atoms with Crippen LogP contribution in [0.1, 0.15) is 45.3 Å². The van der Waals surface area contributed by atoms with E-state index in [9.17, 15) is 4.79 Å². The van der Waals surface area contributed by atoms with Crippen molar-refractivity contribution in [2.45, 2.75) is 32.6 Å². The molecule has 0 radical (unpaired) electrons. The van der Waals surface area contributed by atoms with Gasteiger partial charge in [-0.2, -0.15) is 5.10 Å². The van der Waals surface area contributed by atoms with Gasteiger partial charge in [0, 0.05) is 11.4 Å². The molecule has 5 rings (SSSR count). The highest BCUT2D eigenvalue weighted by Crippen LogP contribution is 2.34. The van der Waals surface area contributed by atoms with E-state index in [4.69, 9.17) is 16.7 Å². The average molecular weight is 403 g/mol. The van der Waals surface area contributed by atoms with E-state index < -0.39 is 0 Å². The molecule has 0 spiro atoms. The minimum Gasteiger partial charge on any atom is -0.292 e. The number of nitrogens with zero attached hydrogens (tertiary/aromatic N) is 4. The number of aryl methyl sites for hydroxylation is 2. The van der Waals surface area contributed by atoms with Crippen LogP contribution in [-0.4, -0.2) is 25.6 Å². The quantitative estimate of drug-likeness (QED) is 0.474. The topological polar surface area (TPSA) is 60.2 Å². The van der Waals surface area contributed by atoms with Gasteiger partial charge in [0.05, 0.1) is 17.0 Å². The summed E-state index contributed by atoms with van der Waals surface area (Å²) < 4.78 is 1.81. The summed E-state index contributed by atoms with van der Waals surface area (Å²) in [5.41, 5.74) is 7.05. The van der Waals surface area contributed by atoms with Crippen LogP contribution in [0, 0.1) is 13.8 Å². The Bertz CT molecular complexity index is 1260. The molecule has 1 unspecified atom stereocenters. The zero-order valence-electron chi connectivity index (χ0n) is 16.2. The Hall–Kier alpha value is -3.05. The van der Waals surface area contributed by atoms with Crippen molar-refractivity contribution in [1.82, 2.24) is 19.8 Å². The molecule has 1 atom stereocenters. The fourth-order valence-corrected chi connectivity index (χ4v) is 4.32. The van der Waals surface area contributed by atoms with Crippen molar-refractivity contribution in [2.75, 3.05) is 0 Å². The molecule has 2 heterocycles. The summed E-state index contributed by atoms with van der Waals surface area (Å²) in [6.45, 7) is 4.02. The van der Waals surface area contributed by atoms with Crippen LogP contribution in [0.2, 0.25) is 5.02 Å². The van der Waals surface area contributed by atoms with E-state index in [2.05, 4.69) is 35.3 Å². The molecule has 0 aliphatic heterocycles. The van der Waals surface area contributed by atoms with E-state index in [1.54, 1.807) is 0 Å². The SMILES string of the molecule is Cc1cccc(C2CC(=O)c3nnc4c(-c5ccc(Cl)cc5)c(C)nn4c3C2)c1. The van der Waals surface area contributed by atoms with Gasteiger partial charge in [-0.25, -0.2) is 4.52 Å². The van der Waals surface area contributed by atoms with E-state index in [1.165, 1.54) is 11.1 Å². The van der Waals surface area contributed by atoms with Crippen molar-refractivity contribution in [2.24, 2.45) is 0 Å². The lowest BCUT2D eigenvalue weighted by molar-refractivity contribution is 0.0955. The Kier molecular flexibility index (Phi) is 4.21. The number of Topliss-reactive ketones (excluding diaryl/α,β-unsaturated/α-hetero) is 1. The second-order valence-corrected chi connectivity index (χ2v) is 8.08. The van der Waals surface area contributed by atoms with Gasteiger partial charge in [0.25, 0.3) is 0 Å². The smallest absolute Gasteiger partial charge is 0.185 e. The van der Waals surface area contributed by atoms with Gasteiger partial charge in [-0.3, -0.25) is 4.79 Å². The third-order valence-electron chi connectivity index (χ3n) is 5.59. The molecule has 144 valence electrons. The first-order valence-corrected chi connectivity index (χ1v) is 9.99. The molecular formula is C23H19ClN4O. The third-order valence-corrected chi connectivity index (χ3v) is 5.84. The molecule has 1 aliphatic carbocycles. The summed E-state index contributed by atoms with van der Waals surface area (Å²) in [7, 11) is 0. The van der Waals surface area contributed by atoms with Crippen LogP contribution in [-0.2, 0) is 6.42 Å². The number of benzene rings is 2. The number of carbonyl (C=O) groups is 1. The normalized spacial score (nSPS) is 16.2. The van der Waals surface area contributed by atoms with Gasteiger partial charge in [-0.05, 0) is 49.4 Å². The Labute approximate surface area is 173 Å². The number of ketones is 1. The molecule has 2 aromatic heterocycles. The molecule has 29 heavy (non-hydrogen) atoms.